The van der Waals surface area contributed by atoms with E-state index in [1.807, 2.05) is 19.9 Å². The van der Waals surface area contributed by atoms with Crippen LogP contribution < -0.4 is 0 Å². The normalized spacial score (nSPS) is 50.8. The molecule has 2 N–H and O–H groups in total. The van der Waals surface area contributed by atoms with Gasteiger partial charge in [0.05, 0.1) is 6.10 Å². The van der Waals surface area contributed by atoms with Crippen molar-refractivity contribution < 1.29 is 24.4 Å². The lowest BCUT2D eigenvalue weighted by molar-refractivity contribution is -0.316. The maximum Gasteiger partial charge on any atom is 0.205 e. The van der Waals surface area contributed by atoms with Crippen molar-refractivity contribution in [1.29, 1.82) is 0 Å². The lowest BCUT2D eigenvalue weighted by Crippen LogP contribution is -2.59. The molecule has 0 unspecified atom stereocenters. The topological polar surface area (TPSA) is 71.5 Å². The summed E-state index contributed by atoms with van der Waals surface area (Å²) in [5.74, 6) is -1.06. The Labute approximate surface area is 162 Å². The Balaban J connectivity index is 1.80. The highest BCUT2D eigenvalue weighted by molar-refractivity contribution is 5.37. The zero-order valence-corrected chi connectivity index (χ0v) is 17.1. The first-order valence-corrected chi connectivity index (χ1v) is 10.4. The molecule has 0 aromatic heterocycles. The maximum atomic E-state index is 11.8. The summed E-state index contributed by atoms with van der Waals surface area (Å²) >= 11 is 0. The van der Waals surface area contributed by atoms with Crippen LogP contribution in [0, 0.1) is 11.3 Å². The first-order chi connectivity index (χ1) is 12.6. The first kappa shape index (κ1) is 19.6. The van der Waals surface area contributed by atoms with E-state index in [-0.39, 0.29) is 5.41 Å². The van der Waals surface area contributed by atoms with Crippen molar-refractivity contribution in [3.63, 3.8) is 0 Å². The van der Waals surface area contributed by atoms with Crippen molar-refractivity contribution in [2.75, 3.05) is 6.61 Å². The summed E-state index contributed by atoms with van der Waals surface area (Å²) in [7, 11) is 0. The molecular weight excluding hydrogens is 344 g/mol. The average molecular weight is 379 g/mol. The highest BCUT2D eigenvalue weighted by atomic mass is 16.8. The molecule has 5 nitrogen and oxygen atoms in total. The smallest absolute Gasteiger partial charge is 0.205 e. The van der Waals surface area contributed by atoms with Crippen LogP contribution >= 0.6 is 0 Å². The summed E-state index contributed by atoms with van der Waals surface area (Å²) in [6.45, 7) is 13.0. The Morgan fingerprint density at radius 1 is 1.33 bits per heavy atom. The van der Waals surface area contributed by atoms with E-state index < -0.39 is 29.4 Å². The van der Waals surface area contributed by atoms with Crippen LogP contribution in [0.1, 0.15) is 66.2 Å². The van der Waals surface area contributed by atoms with Gasteiger partial charge in [-0.3, -0.25) is 0 Å². The third kappa shape index (κ3) is 2.48. The zero-order valence-electron chi connectivity index (χ0n) is 17.1. The summed E-state index contributed by atoms with van der Waals surface area (Å²) in [6.07, 6.45) is 5.28. The Bertz CT molecular complexity index is 670. The molecule has 3 fully saturated rings. The third-order valence-electron chi connectivity index (χ3n) is 7.57. The van der Waals surface area contributed by atoms with E-state index in [0.717, 1.165) is 36.8 Å². The fourth-order valence-electron chi connectivity index (χ4n) is 6.38. The minimum atomic E-state index is -1.45. The SMILES string of the molecule is C=C1CC[C@@H]2CC[C@]34O[C@@]3(C2(C)C)[C@@](O)(C/C(C)=C/[C@@H](O)C1)O[C@H]4OCC. The van der Waals surface area contributed by atoms with E-state index >= 15 is 0 Å². The minimum absolute atomic E-state index is 0.260. The van der Waals surface area contributed by atoms with Crippen LogP contribution in [0.2, 0.25) is 0 Å². The summed E-state index contributed by atoms with van der Waals surface area (Å²) in [5, 5.41) is 22.2. The standard InChI is InChI=1S/C22H34O5/c1-6-25-18-20-10-9-16-8-7-14(2)11-17(23)12-15(3)13-21(24,26-18)22(20,27-20)19(16,4)5/h12,16-18,23-24H,2,6-11,13H2,1,3-5H3/b15-12+/t16-,17+,18-,20-,21-,22-/m1/s1. The van der Waals surface area contributed by atoms with E-state index in [1.54, 1.807) is 0 Å². The molecule has 2 bridgehead atoms. The van der Waals surface area contributed by atoms with Crippen molar-refractivity contribution >= 4 is 0 Å². The van der Waals surface area contributed by atoms with Gasteiger partial charge in [-0.2, -0.15) is 0 Å². The molecule has 152 valence electrons. The van der Waals surface area contributed by atoms with Crippen molar-refractivity contribution in [2.24, 2.45) is 11.3 Å². The predicted molar refractivity (Wildman–Crippen MR) is 102 cm³/mol. The van der Waals surface area contributed by atoms with Crippen LogP contribution in [-0.4, -0.2) is 46.2 Å². The Hall–Kier alpha value is -0.720. The second-order valence-corrected chi connectivity index (χ2v) is 9.57. The summed E-state index contributed by atoms with van der Waals surface area (Å²) in [6, 6.07) is 0. The van der Waals surface area contributed by atoms with Gasteiger partial charge in [0, 0.05) is 18.4 Å². The number of aliphatic hydroxyl groups is 2. The molecule has 0 amide bonds. The molecule has 2 aliphatic carbocycles. The van der Waals surface area contributed by atoms with Crippen LogP contribution in [-0.2, 0) is 14.2 Å². The summed E-state index contributed by atoms with van der Waals surface area (Å²) in [5.41, 5.74) is 0.365. The van der Waals surface area contributed by atoms with Crippen molar-refractivity contribution in [2.45, 2.75) is 95.6 Å². The monoisotopic (exact) mass is 378 g/mol. The van der Waals surface area contributed by atoms with Crippen LogP contribution in [0.15, 0.2) is 23.8 Å². The first-order valence-electron chi connectivity index (χ1n) is 10.4. The number of rotatable bonds is 2. The third-order valence-corrected chi connectivity index (χ3v) is 7.57. The molecule has 27 heavy (non-hydrogen) atoms. The van der Waals surface area contributed by atoms with Gasteiger partial charge in [-0.05, 0) is 51.9 Å². The van der Waals surface area contributed by atoms with Crippen molar-refractivity contribution in [1.82, 2.24) is 0 Å². The molecule has 1 saturated carbocycles. The predicted octanol–water partition coefficient (Wildman–Crippen LogP) is 3.45. The van der Waals surface area contributed by atoms with E-state index in [9.17, 15) is 10.2 Å². The van der Waals surface area contributed by atoms with E-state index in [1.165, 1.54) is 0 Å². The summed E-state index contributed by atoms with van der Waals surface area (Å²) < 4.78 is 18.6. The Morgan fingerprint density at radius 3 is 2.78 bits per heavy atom. The average Bonchev–Trinajstić information content (AvgIpc) is 3.22. The van der Waals surface area contributed by atoms with E-state index in [0.29, 0.717) is 25.4 Å². The van der Waals surface area contributed by atoms with Gasteiger partial charge in [-0.1, -0.05) is 37.6 Å². The molecule has 5 heteroatoms. The minimum Gasteiger partial charge on any atom is -0.389 e. The Morgan fingerprint density at radius 2 is 2.07 bits per heavy atom. The maximum absolute atomic E-state index is 11.8. The molecule has 2 aliphatic heterocycles. The van der Waals surface area contributed by atoms with Crippen LogP contribution in [0.4, 0.5) is 0 Å². The lowest BCUT2D eigenvalue weighted by atomic mass is 9.54. The molecular formula is C22H34O5. The molecule has 0 radical (unpaired) electrons. The highest BCUT2D eigenvalue weighted by Crippen LogP contribution is 2.77. The van der Waals surface area contributed by atoms with Gasteiger partial charge in [0.25, 0.3) is 0 Å². The van der Waals surface area contributed by atoms with E-state index in [2.05, 4.69) is 20.4 Å². The largest absolute Gasteiger partial charge is 0.389 e. The fourth-order valence-corrected chi connectivity index (χ4v) is 6.38. The molecule has 1 spiro atoms. The molecule has 4 rings (SSSR count). The number of hydrogen-bond acceptors (Lipinski definition) is 5. The molecule has 2 saturated heterocycles. The number of fused-ring (bicyclic) bond motifs is 1. The van der Waals surface area contributed by atoms with Gasteiger partial charge in [-0.25, -0.2) is 0 Å². The zero-order chi connectivity index (χ0) is 19.7. The van der Waals surface area contributed by atoms with Gasteiger partial charge < -0.3 is 24.4 Å². The second kappa shape index (κ2) is 6.14. The van der Waals surface area contributed by atoms with Crippen molar-refractivity contribution in [3.05, 3.63) is 23.8 Å². The van der Waals surface area contributed by atoms with Gasteiger partial charge in [0.15, 0.2) is 17.5 Å². The molecule has 2 heterocycles. The quantitative estimate of drug-likeness (QED) is 0.569. The number of ether oxygens (including phenoxy) is 3. The van der Waals surface area contributed by atoms with Crippen LogP contribution in [0.25, 0.3) is 0 Å². The van der Waals surface area contributed by atoms with Gasteiger partial charge in [0.1, 0.15) is 0 Å². The second-order valence-electron chi connectivity index (χ2n) is 9.57. The fraction of sp³-hybridized carbons (Fsp3) is 0.818. The molecule has 0 aromatic carbocycles. The number of hydrogen-bond donors (Lipinski definition) is 2. The van der Waals surface area contributed by atoms with Crippen LogP contribution in [0.3, 0.4) is 0 Å². The highest BCUT2D eigenvalue weighted by Gasteiger charge is 2.93. The number of aliphatic hydroxyl groups excluding tert-OH is 1. The summed E-state index contributed by atoms with van der Waals surface area (Å²) in [4.78, 5) is 0. The van der Waals surface area contributed by atoms with E-state index in [4.69, 9.17) is 14.2 Å². The van der Waals surface area contributed by atoms with Gasteiger partial charge in [-0.15, -0.1) is 0 Å². The Kier molecular flexibility index (Phi) is 4.45. The molecule has 4 aliphatic rings. The molecule has 6 atom stereocenters. The van der Waals surface area contributed by atoms with Gasteiger partial charge in [0.2, 0.25) is 5.79 Å². The van der Waals surface area contributed by atoms with Crippen LogP contribution in [0.5, 0.6) is 0 Å². The van der Waals surface area contributed by atoms with Crippen molar-refractivity contribution in [3.8, 4) is 0 Å². The number of epoxide rings is 1. The lowest BCUT2D eigenvalue weighted by Gasteiger charge is -2.47. The van der Waals surface area contributed by atoms with Gasteiger partial charge >= 0.3 is 0 Å². The molecule has 0 aromatic rings.